The second-order valence-electron chi connectivity index (χ2n) is 6.80. The van der Waals surface area contributed by atoms with Crippen LogP contribution >= 0.6 is 11.8 Å². The van der Waals surface area contributed by atoms with Gasteiger partial charge in [-0.15, -0.1) is 10.2 Å². The topological polar surface area (TPSA) is 98.2 Å². The molecule has 2 heterocycles. The third kappa shape index (κ3) is 3.86. The standard InChI is InChI=1S/C22H19N3O4S/c1-12-8-4-5-9-15(12)21-24-25-22(29-21)30-14(3)20(27)23-18-16-10-6-7-11-17(16)28-19(18)13(2)26/h4-11,14H,1-3H3,(H,23,27). The summed E-state index contributed by atoms with van der Waals surface area (Å²) in [4.78, 5) is 24.7. The van der Waals surface area contributed by atoms with Crippen LogP contribution in [0.1, 0.15) is 30.0 Å². The number of hydrogen-bond donors (Lipinski definition) is 1. The van der Waals surface area contributed by atoms with E-state index in [1.54, 1.807) is 25.1 Å². The number of thioether (sulfide) groups is 1. The van der Waals surface area contributed by atoms with Gasteiger partial charge in [-0.2, -0.15) is 0 Å². The highest BCUT2D eigenvalue weighted by Crippen LogP contribution is 2.33. The molecule has 2 aromatic carbocycles. The number of benzene rings is 2. The van der Waals surface area contributed by atoms with E-state index < -0.39 is 5.25 Å². The zero-order valence-corrected chi connectivity index (χ0v) is 17.4. The van der Waals surface area contributed by atoms with Gasteiger partial charge in [-0.25, -0.2) is 0 Å². The van der Waals surface area contributed by atoms with Crippen molar-refractivity contribution in [2.75, 3.05) is 5.32 Å². The summed E-state index contributed by atoms with van der Waals surface area (Å²) in [5.74, 6) is -0.0319. The average Bonchev–Trinajstić information content (AvgIpc) is 3.33. The van der Waals surface area contributed by atoms with Crippen molar-refractivity contribution in [2.24, 2.45) is 0 Å². The minimum Gasteiger partial charge on any atom is -0.451 e. The molecule has 0 radical (unpaired) electrons. The second-order valence-corrected chi connectivity index (χ2v) is 8.09. The minimum absolute atomic E-state index is 0.126. The molecule has 0 saturated carbocycles. The number of carbonyl (C=O) groups is 2. The molecule has 1 N–H and O–H groups in total. The number of nitrogens with one attached hydrogen (secondary N) is 1. The van der Waals surface area contributed by atoms with Gasteiger partial charge in [0.2, 0.25) is 11.8 Å². The Hall–Kier alpha value is -3.39. The number of Topliss-reactive ketones (excluding diaryl/α,β-unsaturated/α-hetero) is 1. The lowest BCUT2D eigenvalue weighted by atomic mass is 10.1. The number of aryl methyl sites for hydroxylation is 1. The van der Waals surface area contributed by atoms with Gasteiger partial charge in [0.25, 0.3) is 5.22 Å². The number of carbonyl (C=O) groups excluding carboxylic acids is 2. The Kier molecular flexibility index (Phi) is 5.41. The first-order valence-electron chi connectivity index (χ1n) is 9.33. The lowest BCUT2D eigenvalue weighted by molar-refractivity contribution is -0.115. The van der Waals surface area contributed by atoms with Crippen LogP contribution in [-0.2, 0) is 4.79 Å². The molecule has 1 amide bonds. The molecule has 0 saturated heterocycles. The van der Waals surface area contributed by atoms with Crippen LogP contribution in [0.2, 0.25) is 0 Å². The highest BCUT2D eigenvalue weighted by molar-refractivity contribution is 8.00. The van der Waals surface area contributed by atoms with Gasteiger partial charge in [0.1, 0.15) is 5.58 Å². The first kappa shape index (κ1) is 19.9. The molecule has 7 nitrogen and oxygen atoms in total. The Bertz CT molecular complexity index is 1240. The number of nitrogens with zero attached hydrogens (tertiary/aromatic N) is 2. The number of aromatic nitrogens is 2. The highest BCUT2D eigenvalue weighted by atomic mass is 32.2. The van der Waals surface area contributed by atoms with Crippen LogP contribution < -0.4 is 5.32 Å². The molecule has 1 unspecified atom stereocenters. The normalized spacial score (nSPS) is 12.1. The fourth-order valence-electron chi connectivity index (χ4n) is 3.03. The summed E-state index contributed by atoms with van der Waals surface area (Å²) in [5, 5.41) is 11.4. The number of amides is 1. The Morgan fingerprint density at radius 1 is 1.03 bits per heavy atom. The summed E-state index contributed by atoms with van der Waals surface area (Å²) in [6.07, 6.45) is 0. The van der Waals surface area contributed by atoms with Crippen LogP contribution in [-0.4, -0.2) is 27.1 Å². The van der Waals surface area contributed by atoms with Gasteiger partial charge in [0.15, 0.2) is 11.5 Å². The molecular weight excluding hydrogens is 402 g/mol. The van der Waals surface area contributed by atoms with E-state index in [-0.39, 0.29) is 17.5 Å². The molecule has 0 aliphatic carbocycles. The molecule has 0 spiro atoms. The van der Waals surface area contributed by atoms with Gasteiger partial charge in [0.05, 0.1) is 10.9 Å². The summed E-state index contributed by atoms with van der Waals surface area (Å²) in [6, 6.07) is 14.9. The first-order chi connectivity index (χ1) is 14.4. The number of para-hydroxylation sites is 1. The SMILES string of the molecule is CC(=O)c1oc2ccccc2c1NC(=O)C(C)Sc1nnc(-c2ccccc2C)o1. The van der Waals surface area contributed by atoms with Gasteiger partial charge in [-0.3, -0.25) is 9.59 Å². The molecule has 8 heteroatoms. The number of fused-ring (bicyclic) bond motifs is 1. The molecule has 2 aromatic heterocycles. The average molecular weight is 421 g/mol. The lowest BCUT2D eigenvalue weighted by Crippen LogP contribution is -2.23. The monoisotopic (exact) mass is 421 g/mol. The summed E-state index contributed by atoms with van der Waals surface area (Å²) in [7, 11) is 0. The largest absolute Gasteiger partial charge is 0.451 e. The Morgan fingerprint density at radius 3 is 2.53 bits per heavy atom. The number of anilines is 1. The van der Waals surface area contributed by atoms with Crippen LogP contribution in [0.15, 0.2) is 62.6 Å². The van der Waals surface area contributed by atoms with Crippen molar-refractivity contribution in [1.29, 1.82) is 0 Å². The van der Waals surface area contributed by atoms with Gasteiger partial charge in [-0.1, -0.05) is 42.1 Å². The number of furan rings is 1. The van der Waals surface area contributed by atoms with Crippen LogP contribution in [0.5, 0.6) is 0 Å². The van der Waals surface area contributed by atoms with Crippen molar-refractivity contribution in [1.82, 2.24) is 10.2 Å². The highest BCUT2D eigenvalue weighted by Gasteiger charge is 2.24. The van der Waals surface area contributed by atoms with Crippen molar-refractivity contribution in [2.45, 2.75) is 31.2 Å². The summed E-state index contributed by atoms with van der Waals surface area (Å²) in [5.41, 5.74) is 2.79. The maximum Gasteiger partial charge on any atom is 0.277 e. The molecule has 0 bridgehead atoms. The van der Waals surface area contributed by atoms with E-state index in [9.17, 15) is 9.59 Å². The van der Waals surface area contributed by atoms with E-state index >= 15 is 0 Å². The number of hydrogen-bond acceptors (Lipinski definition) is 7. The molecule has 4 aromatic rings. The van der Waals surface area contributed by atoms with Gasteiger partial charge in [-0.05, 0) is 37.6 Å². The van der Waals surface area contributed by atoms with E-state index in [0.29, 0.717) is 27.8 Å². The van der Waals surface area contributed by atoms with Crippen molar-refractivity contribution >= 4 is 40.1 Å². The molecule has 0 aliphatic rings. The second kappa shape index (κ2) is 8.16. The first-order valence-corrected chi connectivity index (χ1v) is 10.2. The zero-order chi connectivity index (χ0) is 21.3. The number of rotatable bonds is 6. The summed E-state index contributed by atoms with van der Waals surface area (Å²) < 4.78 is 11.3. The van der Waals surface area contributed by atoms with E-state index in [1.807, 2.05) is 37.3 Å². The lowest BCUT2D eigenvalue weighted by Gasteiger charge is -2.09. The van der Waals surface area contributed by atoms with Crippen LogP contribution in [0.3, 0.4) is 0 Å². The maximum absolute atomic E-state index is 12.8. The number of ketones is 1. The fourth-order valence-corrected chi connectivity index (χ4v) is 3.71. The van der Waals surface area contributed by atoms with Gasteiger partial charge < -0.3 is 14.2 Å². The van der Waals surface area contributed by atoms with E-state index in [4.69, 9.17) is 8.83 Å². The smallest absolute Gasteiger partial charge is 0.277 e. The Labute approximate surface area is 176 Å². The van der Waals surface area contributed by atoms with Crippen molar-refractivity contribution in [3.05, 3.63) is 59.9 Å². The van der Waals surface area contributed by atoms with Crippen LogP contribution in [0.25, 0.3) is 22.4 Å². The third-order valence-electron chi connectivity index (χ3n) is 4.59. The minimum atomic E-state index is -0.538. The van der Waals surface area contributed by atoms with Crippen LogP contribution in [0.4, 0.5) is 5.69 Å². The molecule has 152 valence electrons. The summed E-state index contributed by atoms with van der Waals surface area (Å²) in [6.45, 7) is 5.09. The predicted molar refractivity (Wildman–Crippen MR) is 115 cm³/mol. The molecule has 0 aliphatic heterocycles. The quantitative estimate of drug-likeness (QED) is 0.341. The van der Waals surface area contributed by atoms with Crippen LogP contribution in [0, 0.1) is 6.92 Å². The molecule has 1 atom stereocenters. The van der Waals surface area contributed by atoms with Crippen molar-refractivity contribution < 1.29 is 18.4 Å². The molecule has 0 fully saturated rings. The Balaban J connectivity index is 1.52. The Morgan fingerprint density at radius 2 is 1.77 bits per heavy atom. The maximum atomic E-state index is 12.8. The van der Waals surface area contributed by atoms with Gasteiger partial charge >= 0.3 is 0 Å². The molecule has 30 heavy (non-hydrogen) atoms. The van der Waals surface area contributed by atoms with Crippen molar-refractivity contribution in [3.8, 4) is 11.5 Å². The van der Waals surface area contributed by atoms with E-state index in [2.05, 4.69) is 15.5 Å². The fraction of sp³-hybridized carbons (Fsp3) is 0.182. The third-order valence-corrected chi connectivity index (χ3v) is 5.53. The predicted octanol–water partition coefficient (Wildman–Crippen LogP) is 5.11. The van der Waals surface area contributed by atoms with E-state index in [1.165, 1.54) is 6.92 Å². The molecule has 4 rings (SSSR count). The summed E-state index contributed by atoms with van der Waals surface area (Å²) >= 11 is 1.15. The van der Waals surface area contributed by atoms with Crippen molar-refractivity contribution in [3.63, 3.8) is 0 Å². The molecular formula is C22H19N3O4S. The van der Waals surface area contributed by atoms with Gasteiger partial charge in [0, 0.05) is 17.9 Å². The zero-order valence-electron chi connectivity index (χ0n) is 16.6. The van der Waals surface area contributed by atoms with E-state index in [0.717, 1.165) is 22.9 Å².